The third-order valence-electron chi connectivity index (χ3n) is 1.36. The van der Waals surface area contributed by atoms with Gasteiger partial charge in [-0.3, -0.25) is 0 Å². The average molecular weight is 315 g/mol. The molecule has 0 bridgehead atoms. The molecule has 0 heterocycles. The molecule has 0 amide bonds. The molecule has 0 aromatic heterocycles. The van der Waals surface area contributed by atoms with Gasteiger partial charge in [0.05, 0.1) is 14.7 Å². The molecule has 0 atom stereocenters. The molecule has 0 aliphatic carbocycles. The van der Waals surface area contributed by atoms with Gasteiger partial charge >= 0.3 is 0 Å². The molecular weight excluding hydrogens is 305 g/mol. The highest BCUT2D eigenvalue weighted by molar-refractivity contribution is 14.1. The van der Waals surface area contributed by atoms with Crippen molar-refractivity contribution in [3.63, 3.8) is 0 Å². The number of ether oxygens (including phenoxy) is 1. The van der Waals surface area contributed by atoms with Crippen LogP contribution in [0.15, 0.2) is 12.1 Å². The number of benzene rings is 1. The zero-order valence-electron chi connectivity index (χ0n) is 7.27. The third kappa shape index (κ3) is 2.71. The Labute approximate surface area is 95.4 Å². The third-order valence-corrected chi connectivity index (χ3v) is 3.05. The van der Waals surface area contributed by atoms with Crippen molar-refractivity contribution in [1.82, 2.24) is 0 Å². The fraction of sp³-hybridized carbons (Fsp3) is 0.333. The first-order valence-corrected chi connectivity index (χ1v) is 5.28. The van der Waals surface area contributed by atoms with Gasteiger partial charge in [0.15, 0.2) is 11.6 Å². The predicted octanol–water partition coefficient (Wildman–Crippen LogP) is 3.87. The Morgan fingerprint density at radius 3 is 2.62 bits per heavy atom. The van der Waals surface area contributed by atoms with E-state index in [4.69, 9.17) is 16.3 Å². The van der Waals surface area contributed by atoms with E-state index in [9.17, 15) is 4.39 Å². The Bertz CT molecular complexity index is 315. The largest absolute Gasteiger partial charge is 0.488 e. The first-order chi connectivity index (χ1) is 6.02. The molecule has 0 unspecified atom stereocenters. The van der Waals surface area contributed by atoms with Crippen LogP contribution in [0, 0.1) is 9.39 Å². The summed E-state index contributed by atoms with van der Waals surface area (Å²) in [5, 5.41) is 0.411. The van der Waals surface area contributed by atoms with Gasteiger partial charge in [-0.25, -0.2) is 4.39 Å². The fourth-order valence-electron chi connectivity index (χ4n) is 0.853. The van der Waals surface area contributed by atoms with Gasteiger partial charge in [-0.05, 0) is 48.6 Å². The Balaban J connectivity index is 3.04. The first kappa shape index (κ1) is 11.0. The standard InChI is InChI=1S/C9H9ClFIO/c1-5(2)13-7-4-3-6(10)9(12)8(7)11/h3-5H,1-2H3. The van der Waals surface area contributed by atoms with Gasteiger partial charge in [0.1, 0.15) is 0 Å². The van der Waals surface area contributed by atoms with Gasteiger partial charge in [-0.15, -0.1) is 0 Å². The van der Waals surface area contributed by atoms with Crippen LogP contribution in [-0.4, -0.2) is 6.10 Å². The molecule has 0 aliphatic heterocycles. The number of rotatable bonds is 2. The lowest BCUT2D eigenvalue weighted by atomic mass is 10.3. The summed E-state index contributed by atoms with van der Waals surface area (Å²) in [6.45, 7) is 3.70. The van der Waals surface area contributed by atoms with Crippen LogP contribution in [-0.2, 0) is 0 Å². The molecule has 1 nitrogen and oxygen atoms in total. The zero-order valence-corrected chi connectivity index (χ0v) is 10.2. The fourth-order valence-corrected chi connectivity index (χ4v) is 1.44. The summed E-state index contributed by atoms with van der Waals surface area (Å²) >= 11 is 7.57. The Kier molecular flexibility index (Phi) is 3.79. The van der Waals surface area contributed by atoms with E-state index in [1.807, 2.05) is 36.4 Å². The van der Waals surface area contributed by atoms with Gasteiger partial charge in [0.2, 0.25) is 0 Å². The van der Waals surface area contributed by atoms with E-state index >= 15 is 0 Å². The van der Waals surface area contributed by atoms with Crippen LogP contribution in [0.1, 0.15) is 13.8 Å². The maximum absolute atomic E-state index is 13.4. The summed E-state index contributed by atoms with van der Waals surface area (Å²) in [6, 6.07) is 3.17. The van der Waals surface area contributed by atoms with E-state index in [0.717, 1.165) is 0 Å². The molecule has 1 rings (SSSR count). The lowest BCUT2D eigenvalue weighted by Crippen LogP contribution is -2.07. The molecule has 1 aromatic rings. The van der Waals surface area contributed by atoms with E-state index in [1.54, 1.807) is 12.1 Å². The monoisotopic (exact) mass is 314 g/mol. The lowest BCUT2D eigenvalue weighted by molar-refractivity contribution is 0.230. The molecule has 0 saturated heterocycles. The van der Waals surface area contributed by atoms with Crippen LogP contribution < -0.4 is 4.74 Å². The van der Waals surface area contributed by atoms with E-state index in [-0.39, 0.29) is 17.7 Å². The van der Waals surface area contributed by atoms with E-state index in [0.29, 0.717) is 8.59 Å². The molecule has 13 heavy (non-hydrogen) atoms. The van der Waals surface area contributed by atoms with E-state index < -0.39 is 0 Å². The second kappa shape index (κ2) is 4.46. The molecule has 0 fully saturated rings. The summed E-state index contributed by atoms with van der Waals surface area (Å²) in [6.07, 6.45) is -0.0357. The molecule has 72 valence electrons. The summed E-state index contributed by atoms with van der Waals surface area (Å²) in [5.74, 6) is -0.134. The SMILES string of the molecule is CC(C)Oc1ccc(Cl)c(I)c1F. The van der Waals surface area contributed by atoms with Crippen LogP contribution in [0.2, 0.25) is 5.02 Å². The summed E-state index contributed by atoms with van der Waals surface area (Å²) < 4.78 is 19.0. The predicted molar refractivity (Wildman–Crippen MR) is 59.9 cm³/mol. The molecular formula is C9H9ClFIO. The maximum atomic E-state index is 13.4. The van der Waals surface area contributed by atoms with Crippen molar-refractivity contribution in [2.24, 2.45) is 0 Å². The molecule has 0 spiro atoms. The lowest BCUT2D eigenvalue weighted by Gasteiger charge is -2.11. The molecule has 0 aliphatic rings. The van der Waals surface area contributed by atoms with Gasteiger partial charge < -0.3 is 4.74 Å². The highest BCUT2D eigenvalue weighted by Gasteiger charge is 2.11. The summed E-state index contributed by atoms with van der Waals surface area (Å²) in [7, 11) is 0. The minimum Gasteiger partial charge on any atom is -0.488 e. The van der Waals surface area contributed by atoms with Crippen molar-refractivity contribution in [1.29, 1.82) is 0 Å². The minimum atomic E-state index is -0.387. The number of hydrogen-bond donors (Lipinski definition) is 0. The van der Waals surface area contributed by atoms with Crippen molar-refractivity contribution in [2.45, 2.75) is 20.0 Å². The second-order valence-electron chi connectivity index (χ2n) is 2.84. The molecule has 0 saturated carbocycles. The topological polar surface area (TPSA) is 9.23 Å². The van der Waals surface area contributed by atoms with Crippen LogP contribution in [0.5, 0.6) is 5.75 Å². The Morgan fingerprint density at radius 2 is 2.08 bits per heavy atom. The average Bonchev–Trinajstić information content (AvgIpc) is 2.06. The van der Waals surface area contributed by atoms with Crippen molar-refractivity contribution in [3.05, 3.63) is 26.5 Å². The van der Waals surface area contributed by atoms with Crippen LogP contribution >= 0.6 is 34.2 Å². The zero-order chi connectivity index (χ0) is 10.0. The number of halogens is 3. The minimum absolute atomic E-state index is 0.0357. The van der Waals surface area contributed by atoms with Gasteiger partial charge in [-0.1, -0.05) is 11.6 Å². The van der Waals surface area contributed by atoms with Crippen molar-refractivity contribution in [3.8, 4) is 5.75 Å². The normalized spacial score (nSPS) is 10.6. The Morgan fingerprint density at radius 1 is 1.46 bits per heavy atom. The van der Waals surface area contributed by atoms with Gasteiger partial charge in [-0.2, -0.15) is 0 Å². The smallest absolute Gasteiger partial charge is 0.179 e. The Hall–Kier alpha value is -0.0300. The van der Waals surface area contributed by atoms with Crippen molar-refractivity contribution >= 4 is 34.2 Å². The van der Waals surface area contributed by atoms with Crippen molar-refractivity contribution < 1.29 is 9.13 Å². The van der Waals surface area contributed by atoms with Crippen LogP contribution in [0.4, 0.5) is 4.39 Å². The van der Waals surface area contributed by atoms with Crippen LogP contribution in [0.25, 0.3) is 0 Å². The van der Waals surface area contributed by atoms with Gasteiger partial charge in [0, 0.05) is 0 Å². The summed E-state index contributed by atoms with van der Waals surface area (Å²) in [5.41, 5.74) is 0. The first-order valence-electron chi connectivity index (χ1n) is 3.82. The van der Waals surface area contributed by atoms with Crippen molar-refractivity contribution in [2.75, 3.05) is 0 Å². The van der Waals surface area contributed by atoms with E-state index in [2.05, 4.69) is 0 Å². The van der Waals surface area contributed by atoms with Gasteiger partial charge in [0.25, 0.3) is 0 Å². The molecule has 4 heteroatoms. The highest BCUT2D eigenvalue weighted by atomic mass is 127. The second-order valence-corrected chi connectivity index (χ2v) is 4.33. The van der Waals surface area contributed by atoms with E-state index in [1.165, 1.54) is 0 Å². The van der Waals surface area contributed by atoms with Crippen LogP contribution in [0.3, 0.4) is 0 Å². The summed E-state index contributed by atoms with van der Waals surface area (Å²) in [4.78, 5) is 0. The quantitative estimate of drug-likeness (QED) is 0.595. The highest BCUT2D eigenvalue weighted by Crippen LogP contribution is 2.28. The molecule has 0 N–H and O–H groups in total. The number of hydrogen-bond acceptors (Lipinski definition) is 1. The molecule has 1 aromatic carbocycles. The molecule has 0 radical (unpaired) electrons. The maximum Gasteiger partial charge on any atom is 0.179 e.